The molecule has 3 aromatic heterocycles. The monoisotopic (exact) mass is 195 g/mol. The van der Waals surface area contributed by atoms with E-state index in [9.17, 15) is 0 Å². The lowest BCUT2D eigenvalue weighted by molar-refractivity contribution is 1.15. The van der Waals surface area contributed by atoms with E-state index in [1.54, 1.807) is 12.4 Å². The number of fused-ring (bicyclic) bond motifs is 1. The highest BCUT2D eigenvalue weighted by Gasteiger charge is 2.04. The number of hydrogen-bond acceptors (Lipinski definition) is 2. The summed E-state index contributed by atoms with van der Waals surface area (Å²) in [6.45, 7) is 0. The molecule has 0 saturated heterocycles. The van der Waals surface area contributed by atoms with Crippen LogP contribution < -0.4 is 0 Å². The van der Waals surface area contributed by atoms with E-state index in [0.717, 1.165) is 16.8 Å². The Morgan fingerprint density at radius 2 is 1.87 bits per heavy atom. The topological polar surface area (TPSA) is 30.2 Å². The first-order valence-electron chi connectivity index (χ1n) is 4.77. The molecule has 0 aliphatic heterocycles. The molecule has 0 aliphatic carbocycles. The van der Waals surface area contributed by atoms with Crippen molar-refractivity contribution in [3.8, 4) is 11.3 Å². The van der Waals surface area contributed by atoms with Gasteiger partial charge in [0.15, 0.2) is 0 Å². The Bertz CT molecular complexity index is 584. The molecule has 0 atom stereocenters. The molecule has 0 aromatic carbocycles. The number of aromatic nitrogens is 3. The third-order valence-corrected chi connectivity index (χ3v) is 2.40. The highest BCUT2D eigenvalue weighted by molar-refractivity contribution is 5.76. The van der Waals surface area contributed by atoms with Crippen molar-refractivity contribution < 1.29 is 0 Å². The summed E-state index contributed by atoms with van der Waals surface area (Å²) >= 11 is 0. The predicted octanol–water partition coefficient (Wildman–Crippen LogP) is 2.40. The summed E-state index contributed by atoms with van der Waals surface area (Å²) in [6, 6.07) is 10.0. The molecule has 3 heteroatoms. The minimum absolute atomic E-state index is 0.998. The smallest absolute Gasteiger partial charge is 0.0999 e. The second-order valence-corrected chi connectivity index (χ2v) is 3.32. The summed E-state index contributed by atoms with van der Waals surface area (Å²) in [7, 11) is 0. The molecule has 0 N–H and O–H groups in total. The number of hydrogen-bond donors (Lipinski definition) is 0. The maximum absolute atomic E-state index is 4.40. The summed E-state index contributed by atoms with van der Waals surface area (Å²) in [4.78, 5) is 8.40. The Morgan fingerprint density at radius 3 is 2.73 bits per heavy atom. The fourth-order valence-corrected chi connectivity index (χ4v) is 1.68. The third kappa shape index (κ3) is 1.29. The first-order valence-corrected chi connectivity index (χ1v) is 4.77. The van der Waals surface area contributed by atoms with Crippen LogP contribution in [0.4, 0.5) is 0 Å². The fraction of sp³-hybridized carbons (Fsp3) is 0. The molecule has 3 nitrogen and oxygen atoms in total. The van der Waals surface area contributed by atoms with Crippen molar-refractivity contribution in [1.82, 2.24) is 14.4 Å². The van der Waals surface area contributed by atoms with Crippen LogP contribution in [-0.2, 0) is 0 Å². The van der Waals surface area contributed by atoms with Gasteiger partial charge in [0.05, 0.1) is 17.5 Å². The maximum Gasteiger partial charge on any atom is 0.0999 e. The Morgan fingerprint density at radius 1 is 1.00 bits per heavy atom. The summed E-state index contributed by atoms with van der Waals surface area (Å²) in [5.74, 6) is 0. The molecule has 72 valence electrons. The van der Waals surface area contributed by atoms with Crippen LogP contribution in [0.15, 0.2) is 55.2 Å². The van der Waals surface area contributed by atoms with Gasteiger partial charge in [-0.1, -0.05) is 6.07 Å². The molecule has 0 aliphatic rings. The Labute approximate surface area is 87.0 Å². The highest BCUT2D eigenvalue weighted by Crippen LogP contribution is 2.21. The van der Waals surface area contributed by atoms with Gasteiger partial charge in [0.2, 0.25) is 0 Å². The minimum atomic E-state index is 0.998. The normalized spacial score (nSPS) is 10.7. The minimum Gasteiger partial charge on any atom is -0.306 e. The summed E-state index contributed by atoms with van der Waals surface area (Å²) in [5.41, 5.74) is 3.21. The van der Waals surface area contributed by atoms with E-state index in [4.69, 9.17) is 0 Å². The molecular formula is C12H9N3. The molecule has 0 spiro atoms. The standard InChI is InChI=1S/C12H9N3/c1-2-8-15-9-14-12(11(15)3-1)10-4-6-13-7-5-10/h1-9H. The van der Waals surface area contributed by atoms with Crippen LogP contribution in [0.1, 0.15) is 0 Å². The SMILES string of the molecule is c1ccn2cnc(-c3ccncc3)c2c1. The molecule has 3 rings (SSSR count). The van der Waals surface area contributed by atoms with Crippen molar-refractivity contribution in [2.24, 2.45) is 0 Å². The van der Waals surface area contributed by atoms with Crippen molar-refractivity contribution >= 4 is 5.52 Å². The van der Waals surface area contributed by atoms with Gasteiger partial charge in [-0.25, -0.2) is 4.98 Å². The van der Waals surface area contributed by atoms with Gasteiger partial charge in [0.25, 0.3) is 0 Å². The number of imidazole rings is 1. The molecule has 0 bridgehead atoms. The molecule has 0 amide bonds. The molecule has 3 aromatic rings. The zero-order chi connectivity index (χ0) is 10.1. The largest absolute Gasteiger partial charge is 0.306 e. The van der Waals surface area contributed by atoms with Gasteiger partial charge in [-0.15, -0.1) is 0 Å². The van der Waals surface area contributed by atoms with Gasteiger partial charge in [-0.05, 0) is 24.3 Å². The number of rotatable bonds is 1. The Kier molecular flexibility index (Phi) is 1.75. The van der Waals surface area contributed by atoms with Gasteiger partial charge >= 0.3 is 0 Å². The maximum atomic E-state index is 4.40. The van der Waals surface area contributed by atoms with Crippen LogP contribution in [0, 0.1) is 0 Å². The molecule has 3 heterocycles. The van der Waals surface area contributed by atoms with Crippen LogP contribution in [0.25, 0.3) is 16.8 Å². The molecule has 0 saturated carbocycles. The van der Waals surface area contributed by atoms with E-state index in [1.165, 1.54) is 0 Å². The Hall–Kier alpha value is -2.16. The lowest BCUT2D eigenvalue weighted by Gasteiger charge is -1.97. The van der Waals surface area contributed by atoms with E-state index < -0.39 is 0 Å². The van der Waals surface area contributed by atoms with Gasteiger partial charge < -0.3 is 4.40 Å². The van der Waals surface area contributed by atoms with E-state index >= 15 is 0 Å². The van der Waals surface area contributed by atoms with Gasteiger partial charge in [-0.2, -0.15) is 0 Å². The molecule has 0 radical (unpaired) electrons. The van der Waals surface area contributed by atoms with Crippen molar-refractivity contribution in [2.75, 3.05) is 0 Å². The fourth-order valence-electron chi connectivity index (χ4n) is 1.68. The van der Waals surface area contributed by atoms with Crippen LogP contribution in [0.3, 0.4) is 0 Å². The predicted molar refractivity (Wildman–Crippen MR) is 58.4 cm³/mol. The summed E-state index contributed by atoms with van der Waals surface area (Å²) in [6.07, 6.45) is 7.38. The lowest BCUT2D eigenvalue weighted by atomic mass is 10.2. The second kappa shape index (κ2) is 3.20. The van der Waals surface area contributed by atoms with Crippen molar-refractivity contribution in [2.45, 2.75) is 0 Å². The van der Waals surface area contributed by atoms with E-state index in [0.29, 0.717) is 0 Å². The molecule has 15 heavy (non-hydrogen) atoms. The summed E-state index contributed by atoms with van der Waals surface area (Å²) in [5, 5.41) is 0. The van der Waals surface area contributed by atoms with Crippen LogP contribution in [0.5, 0.6) is 0 Å². The zero-order valence-corrected chi connectivity index (χ0v) is 8.04. The van der Waals surface area contributed by atoms with Crippen molar-refractivity contribution in [3.05, 3.63) is 55.2 Å². The average molecular weight is 195 g/mol. The van der Waals surface area contributed by atoms with E-state index in [1.807, 2.05) is 41.2 Å². The van der Waals surface area contributed by atoms with Crippen molar-refractivity contribution in [3.63, 3.8) is 0 Å². The third-order valence-electron chi connectivity index (χ3n) is 2.40. The van der Waals surface area contributed by atoms with Crippen molar-refractivity contribution in [1.29, 1.82) is 0 Å². The van der Waals surface area contributed by atoms with Crippen LogP contribution >= 0.6 is 0 Å². The van der Waals surface area contributed by atoms with Crippen LogP contribution in [-0.4, -0.2) is 14.4 Å². The van der Waals surface area contributed by atoms with Gasteiger partial charge in [0, 0.05) is 24.2 Å². The highest BCUT2D eigenvalue weighted by atomic mass is 15.0. The van der Waals surface area contributed by atoms with E-state index in [2.05, 4.69) is 16.0 Å². The number of pyridine rings is 2. The number of nitrogens with zero attached hydrogens (tertiary/aromatic N) is 3. The molecule has 0 unspecified atom stereocenters. The first-order chi connectivity index (χ1) is 7.45. The van der Waals surface area contributed by atoms with Gasteiger partial charge in [0.1, 0.15) is 0 Å². The van der Waals surface area contributed by atoms with Crippen LogP contribution in [0.2, 0.25) is 0 Å². The zero-order valence-electron chi connectivity index (χ0n) is 8.04. The van der Waals surface area contributed by atoms with E-state index in [-0.39, 0.29) is 0 Å². The quantitative estimate of drug-likeness (QED) is 0.596. The first kappa shape index (κ1) is 8.17. The molecule has 0 fully saturated rings. The Balaban J connectivity index is 2.28. The molecular weight excluding hydrogens is 186 g/mol. The van der Waals surface area contributed by atoms with Gasteiger partial charge in [-0.3, -0.25) is 4.98 Å². The lowest BCUT2D eigenvalue weighted by Crippen LogP contribution is -1.81. The average Bonchev–Trinajstić information content (AvgIpc) is 2.74. The summed E-state index contributed by atoms with van der Waals surface area (Å²) < 4.78 is 2.01. The second-order valence-electron chi connectivity index (χ2n) is 3.32.